The average molecular weight is 338 g/mol. The summed E-state index contributed by atoms with van der Waals surface area (Å²) in [5, 5.41) is 14.3. The van der Waals surface area contributed by atoms with E-state index in [-0.39, 0.29) is 5.75 Å². The van der Waals surface area contributed by atoms with Gasteiger partial charge < -0.3 is 4.90 Å². The lowest BCUT2D eigenvalue weighted by Crippen LogP contribution is -2.22. The Hall–Kier alpha value is -0.620. The highest BCUT2D eigenvalue weighted by atomic mass is 32.2. The second kappa shape index (κ2) is 7.98. The third-order valence-corrected chi connectivity index (χ3v) is 3.91. The lowest BCUT2D eigenvalue weighted by atomic mass is 10.5. The fraction of sp³-hybridized carbons (Fsp3) is 0.778. The van der Waals surface area contributed by atoms with E-state index in [1.54, 1.807) is 4.68 Å². The zero-order valence-electron chi connectivity index (χ0n) is 11.4. The van der Waals surface area contributed by atoms with Gasteiger partial charge in [0.1, 0.15) is 6.10 Å². The van der Waals surface area contributed by atoms with Crippen LogP contribution in [0.1, 0.15) is 0 Å². The number of rotatable bonds is 9. The first-order valence-corrected chi connectivity index (χ1v) is 8.82. The van der Waals surface area contributed by atoms with Crippen molar-refractivity contribution in [3.8, 4) is 0 Å². The highest BCUT2D eigenvalue weighted by Gasteiger charge is 2.16. The maximum Gasteiger partial charge on any atom is 0.265 e. The summed E-state index contributed by atoms with van der Waals surface area (Å²) >= 11 is 5.91. The molecule has 0 fully saturated rings. The zero-order chi connectivity index (χ0) is 15.2. The molecule has 1 atom stereocenters. The van der Waals surface area contributed by atoms with Gasteiger partial charge in [0.15, 0.2) is 0 Å². The topological polar surface area (TPSA) is 90.2 Å². The number of aromatic nitrogens is 4. The van der Waals surface area contributed by atoms with Crippen molar-refractivity contribution in [2.24, 2.45) is 0 Å². The molecule has 1 radical (unpaired) electrons. The molecule has 0 spiro atoms. The molecule has 0 aromatic carbocycles. The standard InChI is InChI=1S/C9H16N5O3S3/c1-13(2)4-5-14-9(10-11-12-14)19-7-8(6-18)17-20(3,15)16/h8H,4-5,7H2,1-3H3. The fourth-order valence-electron chi connectivity index (χ4n) is 1.18. The quantitative estimate of drug-likeness (QED) is 0.337. The van der Waals surface area contributed by atoms with Crippen molar-refractivity contribution >= 4 is 39.5 Å². The summed E-state index contributed by atoms with van der Waals surface area (Å²) in [5.74, 6) is 0.277. The number of hydrogen-bond acceptors (Lipinski definition) is 9. The third-order valence-electron chi connectivity index (χ3n) is 2.04. The van der Waals surface area contributed by atoms with Crippen LogP contribution in [0.5, 0.6) is 0 Å². The van der Waals surface area contributed by atoms with Gasteiger partial charge in [-0.15, -0.1) is 5.10 Å². The second-order valence-corrected chi connectivity index (χ2v) is 7.03. The molecule has 1 aromatic heterocycles. The Balaban J connectivity index is 2.56. The summed E-state index contributed by atoms with van der Waals surface area (Å²) in [4.78, 5) is 2.01. The van der Waals surface area contributed by atoms with E-state index in [2.05, 4.69) is 33.1 Å². The molecule has 1 rings (SSSR count). The Kier molecular flexibility index (Phi) is 6.95. The monoisotopic (exact) mass is 338 g/mol. The van der Waals surface area contributed by atoms with Gasteiger partial charge >= 0.3 is 0 Å². The van der Waals surface area contributed by atoms with Crippen molar-refractivity contribution in [3.63, 3.8) is 0 Å². The molecule has 0 bridgehead atoms. The number of thiocarbonyl (C=S) groups is 1. The molecule has 11 heteroatoms. The van der Waals surface area contributed by atoms with Crippen molar-refractivity contribution in [3.05, 3.63) is 0 Å². The molecular weight excluding hydrogens is 322 g/mol. The van der Waals surface area contributed by atoms with Gasteiger partial charge in [0, 0.05) is 12.3 Å². The Bertz CT molecular complexity index is 531. The molecular formula is C9H16N5O3S3. The lowest BCUT2D eigenvalue weighted by Gasteiger charge is -2.11. The summed E-state index contributed by atoms with van der Waals surface area (Å²) < 4.78 is 28.5. The molecule has 20 heavy (non-hydrogen) atoms. The predicted molar refractivity (Wildman–Crippen MR) is 79.4 cm³/mol. The minimum absolute atomic E-state index is 0.277. The van der Waals surface area contributed by atoms with Gasteiger partial charge in [-0.1, -0.05) is 24.0 Å². The van der Waals surface area contributed by atoms with E-state index >= 15 is 0 Å². The lowest BCUT2D eigenvalue weighted by molar-refractivity contribution is 0.304. The summed E-state index contributed by atoms with van der Waals surface area (Å²) in [6.45, 7) is 1.43. The van der Waals surface area contributed by atoms with Crippen LogP contribution in [-0.2, 0) is 20.8 Å². The van der Waals surface area contributed by atoms with Gasteiger partial charge in [0.05, 0.1) is 18.2 Å². The number of thioether (sulfide) groups is 1. The second-order valence-electron chi connectivity index (χ2n) is 4.21. The molecule has 1 heterocycles. The van der Waals surface area contributed by atoms with Crippen LogP contribution in [0.2, 0.25) is 0 Å². The fourth-order valence-corrected chi connectivity index (χ4v) is 2.92. The van der Waals surface area contributed by atoms with Crippen LogP contribution in [0, 0.1) is 0 Å². The molecule has 0 aliphatic rings. The van der Waals surface area contributed by atoms with Crippen LogP contribution >= 0.6 is 24.0 Å². The molecule has 0 saturated carbocycles. The molecule has 0 saturated heterocycles. The Labute approximate surface area is 128 Å². The van der Waals surface area contributed by atoms with Crippen molar-refractivity contribution in [1.82, 2.24) is 25.1 Å². The molecule has 113 valence electrons. The van der Waals surface area contributed by atoms with Crippen molar-refractivity contribution in [1.29, 1.82) is 0 Å². The van der Waals surface area contributed by atoms with Gasteiger partial charge in [-0.05, 0) is 24.5 Å². The molecule has 1 unspecified atom stereocenters. The van der Waals surface area contributed by atoms with E-state index in [1.807, 2.05) is 19.0 Å². The van der Waals surface area contributed by atoms with Gasteiger partial charge in [-0.2, -0.15) is 8.42 Å². The normalized spacial score (nSPS) is 13.6. The number of hydrogen-bond donors (Lipinski definition) is 0. The van der Waals surface area contributed by atoms with Crippen molar-refractivity contribution < 1.29 is 12.6 Å². The van der Waals surface area contributed by atoms with E-state index in [9.17, 15) is 8.42 Å². The summed E-state index contributed by atoms with van der Waals surface area (Å²) in [6, 6.07) is 0. The molecule has 0 aliphatic carbocycles. The molecule has 1 aromatic rings. The Morgan fingerprint density at radius 1 is 1.55 bits per heavy atom. The Morgan fingerprint density at radius 3 is 2.80 bits per heavy atom. The molecule has 8 nitrogen and oxygen atoms in total. The number of tetrazole rings is 1. The largest absolute Gasteiger partial charge is 0.308 e. The molecule has 0 aliphatic heterocycles. The highest BCUT2D eigenvalue weighted by molar-refractivity contribution is 7.99. The van der Waals surface area contributed by atoms with E-state index in [4.69, 9.17) is 4.18 Å². The van der Waals surface area contributed by atoms with E-state index in [1.165, 1.54) is 11.8 Å². The van der Waals surface area contributed by atoms with Crippen LogP contribution < -0.4 is 0 Å². The van der Waals surface area contributed by atoms with Crippen LogP contribution in [0.15, 0.2) is 5.16 Å². The maximum absolute atomic E-state index is 11.0. The number of likely N-dealkylation sites (N-methyl/N-ethyl adjacent to an activating group) is 1. The van der Waals surface area contributed by atoms with Gasteiger partial charge in [0.2, 0.25) is 5.16 Å². The number of nitrogens with zero attached hydrogens (tertiary/aromatic N) is 5. The zero-order valence-corrected chi connectivity index (χ0v) is 13.8. The Morgan fingerprint density at radius 2 is 2.25 bits per heavy atom. The highest BCUT2D eigenvalue weighted by Crippen LogP contribution is 2.16. The molecule has 0 N–H and O–H groups in total. The van der Waals surface area contributed by atoms with Gasteiger partial charge in [0.25, 0.3) is 10.1 Å². The molecule has 0 amide bonds. The summed E-state index contributed by atoms with van der Waals surface area (Å²) in [5.41, 5.74) is 0. The predicted octanol–water partition coefficient (Wildman–Crippen LogP) is -0.452. The summed E-state index contributed by atoms with van der Waals surface area (Å²) in [7, 11) is 0.340. The van der Waals surface area contributed by atoms with Crippen LogP contribution in [0.25, 0.3) is 0 Å². The summed E-state index contributed by atoms with van der Waals surface area (Å²) in [6.07, 6.45) is 0.169. The van der Waals surface area contributed by atoms with Gasteiger partial charge in [-0.3, -0.25) is 4.18 Å². The van der Waals surface area contributed by atoms with E-state index in [0.717, 1.165) is 12.8 Å². The van der Waals surface area contributed by atoms with Crippen LogP contribution in [0.3, 0.4) is 0 Å². The third kappa shape index (κ3) is 6.70. The van der Waals surface area contributed by atoms with E-state index in [0.29, 0.717) is 11.7 Å². The first kappa shape index (κ1) is 17.4. The minimum atomic E-state index is -3.57. The van der Waals surface area contributed by atoms with Crippen molar-refractivity contribution in [2.45, 2.75) is 17.8 Å². The first-order valence-electron chi connectivity index (χ1n) is 5.61. The SMILES string of the molecule is CN(C)CCn1nnnc1SCC([C]=S)OS(C)(=O)=O. The maximum atomic E-state index is 11.0. The van der Waals surface area contributed by atoms with Crippen LogP contribution in [-0.4, -0.2) is 77.6 Å². The first-order chi connectivity index (χ1) is 9.31. The smallest absolute Gasteiger partial charge is 0.265 e. The van der Waals surface area contributed by atoms with Crippen LogP contribution in [0.4, 0.5) is 0 Å². The van der Waals surface area contributed by atoms with Crippen molar-refractivity contribution in [2.75, 3.05) is 32.6 Å². The average Bonchev–Trinajstić information content (AvgIpc) is 2.78. The minimum Gasteiger partial charge on any atom is -0.308 e. The van der Waals surface area contributed by atoms with Gasteiger partial charge in [-0.25, -0.2) is 4.68 Å². The van der Waals surface area contributed by atoms with E-state index < -0.39 is 16.2 Å².